The normalized spacial score (nSPS) is 12.5. The lowest BCUT2D eigenvalue weighted by Gasteiger charge is -2.23. The van der Waals surface area contributed by atoms with E-state index in [0.29, 0.717) is 16.8 Å². The van der Waals surface area contributed by atoms with E-state index in [0.717, 1.165) is 5.56 Å². The van der Waals surface area contributed by atoms with Gasteiger partial charge in [0.05, 0.1) is 4.90 Å². The number of rotatable bonds is 6. The van der Waals surface area contributed by atoms with Crippen molar-refractivity contribution < 1.29 is 8.42 Å². The monoisotopic (exact) mass is 387 g/mol. The van der Waals surface area contributed by atoms with Gasteiger partial charge in [-0.1, -0.05) is 48.0 Å². The number of sulfonamides is 1. The molecule has 0 aliphatic heterocycles. The fourth-order valence-corrected chi connectivity index (χ4v) is 4.31. The van der Waals surface area contributed by atoms with E-state index < -0.39 is 10.0 Å². The van der Waals surface area contributed by atoms with Gasteiger partial charge in [-0.2, -0.15) is 0 Å². The number of benzene rings is 1. The van der Waals surface area contributed by atoms with Crippen molar-refractivity contribution in [2.24, 2.45) is 0 Å². The lowest BCUT2D eigenvalue weighted by atomic mass is 9.92. The highest BCUT2D eigenvalue weighted by atomic mass is 79.9. The Bertz CT molecular complexity index is 677. The molecule has 1 N–H and O–H groups in total. The number of hydrogen-bond acceptors (Lipinski definition) is 3. The Kier molecular flexibility index (Phi) is 5.24. The van der Waals surface area contributed by atoms with Crippen LogP contribution in [0.3, 0.4) is 0 Å². The lowest BCUT2D eigenvalue weighted by Crippen LogP contribution is -2.36. The second kappa shape index (κ2) is 6.60. The first kappa shape index (κ1) is 16.7. The van der Waals surface area contributed by atoms with E-state index in [1.54, 1.807) is 23.5 Å². The number of halogens is 1. The van der Waals surface area contributed by atoms with Crippen molar-refractivity contribution >= 4 is 37.3 Å². The van der Waals surface area contributed by atoms with Crippen molar-refractivity contribution in [1.29, 1.82) is 0 Å². The molecule has 0 bridgehead atoms. The van der Waals surface area contributed by atoms with Crippen LogP contribution in [0.1, 0.15) is 24.3 Å². The number of nitrogens with one attached hydrogen (secondary N) is 1. The maximum atomic E-state index is 12.3. The summed E-state index contributed by atoms with van der Waals surface area (Å²) < 4.78 is 27.4. The Hall–Kier alpha value is -0.690. The van der Waals surface area contributed by atoms with E-state index in [9.17, 15) is 8.42 Å². The van der Waals surface area contributed by atoms with Gasteiger partial charge in [-0.05, 0) is 29.1 Å². The molecule has 0 saturated heterocycles. The smallest absolute Gasteiger partial charge is 0.210 e. The minimum atomic E-state index is -3.47. The van der Waals surface area contributed by atoms with Crippen LogP contribution in [0.15, 0.2) is 46.7 Å². The molecule has 2 aromatic rings. The summed E-state index contributed by atoms with van der Waals surface area (Å²) >= 11 is 4.99. The van der Waals surface area contributed by atoms with Gasteiger partial charge in [0.2, 0.25) is 10.0 Å². The summed E-state index contributed by atoms with van der Waals surface area (Å²) in [5.41, 5.74) is 0.824. The van der Waals surface area contributed by atoms with Gasteiger partial charge in [0.15, 0.2) is 0 Å². The van der Waals surface area contributed by atoms with E-state index in [1.807, 2.05) is 43.5 Å². The van der Waals surface area contributed by atoms with Crippen LogP contribution < -0.4 is 4.72 Å². The Morgan fingerprint density at radius 2 is 1.86 bits per heavy atom. The van der Waals surface area contributed by atoms with Gasteiger partial charge in [0.1, 0.15) is 0 Å². The van der Waals surface area contributed by atoms with Crippen LogP contribution in [0.4, 0.5) is 0 Å². The predicted octanol–water partition coefficient (Wildman–Crippen LogP) is 3.90. The zero-order valence-corrected chi connectivity index (χ0v) is 15.2. The Balaban J connectivity index is 2.10. The summed E-state index contributed by atoms with van der Waals surface area (Å²) in [7, 11) is -3.47. The molecule has 0 spiro atoms. The van der Waals surface area contributed by atoms with Gasteiger partial charge in [0, 0.05) is 22.2 Å². The summed E-state index contributed by atoms with van der Waals surface area (Å²) in [6, 6.07) is 10.9. The molecule has 114 valence electrons. The van der Waals surface area contributed by atoms with E-state index >= 15 is 0 Å². The van der Waals surface area contributed by atoms with Crippen LogP contribution in [-0.4, -0.2) is 15.0 Å². The highest BCUT2D eigenvalue weighted by Gasteiger charge is 2.25. The molecule has 3 nitrogen and oxygen atoms in total. The van der Waals surface area contributed by atoms with Crippen molar-refractivity contribution in [3.8, 4) is 0 Å². The Morgan fingerprint density at radius 1 is 1.19 bits per heavy atom. The standard InChI is InChI=1S/C15H18BrNO2S2/c1-15(2,14-4-3-9-20-14)11-17-21(18,19)13-7-5-12(10-16)6-8-13/h3-9,17H,10-11H2,1-2H3. The van der Waals surface area contributed by atoms with Gasteiger partial charge in [-0.3, -0.25) is 0 Å². The quantitative estimate of drug-likeness (QED) is 0.763. The highest BCUT2D eigenvalue weighted by molar-refractivity contribution is 9.08. The van der Waals surface area contributed by atoms with Gasteiger partial charge in [-0.15, -0.1) is 11.3 Å². The van der Waals surface area contributed by atoms with Gasteiger partial charge in [-0.25, -0.2) is 13.1 Å². The fraction of sp³-hybridized carbons (Fsp3) is 0.333. The molecule has 2 rings (SSSR count). The van der Waals surface area contributed by atoms with Crippen LogP contribution in [0.2, 0.25) is 0 Å². The van der Waals surface area contributed by atoms with Gasteiger partial charge >= 0.3 is 0 Å². The van der Waals surface area contributed by atoms with Crippen LogP contribution in [-0.2, 0) is 20.8 Å². The third kappa shape index (κ3) is 4.16. The maximum absolute atomic E-state index is 12.3. The van der Waals surface area contributed by atoms with Gasteiger partial charge < -0.3 is 0 Å². The average Bonchev–Trinajstić information content (AvgIpc) is 3.01. The number of hydrogen-bond donors (Lipinski definition) is 1. The van der Waals surface area contributed by atoms with Crippen molar-refractivity contribution in [3.63, 3.8) is 0 Å². The Labute approximate surface area is 138 Å². The molecule has 0 radical (unpaired) electrons. The summed E-state index contributed by atoms with van der Waals surface area (Å²) in [4.78, 5) is 1.47. The van der Waals surface area contributed by atoms with Crippen molar-refractivity contribution in [2.45, 2.75) is 29.5 Å². The largest absolute Gasteiger partial charge is 0.240 e. The number of alkyl halides is 1. The second-order valence-corrected chi connectivity index (χ2v) is 8.74. The first-order valence-electron chi connectivity index (χ1n) is 6.54. The molecule has 0 atom stereocenters. The summed E-state index contributed by atoms with van der Waals surface area (Å²) in [6.07, 6.45) is 0. The van der Waals surface area contributed by atoms with E-state index in [1.165, 1.54) is 4.88 Å². The SMILES string of the molecule is CC(C)(CNS(=O)(=O)c1ccc(CBr)cc1)c1cccs1. The van der Waals surface area contributed by atoms with E-state index in [4.69, 9.17) is 0 Å². The zero-order chi connectivity index (χ0) is 15.5. The molecule has 21 heavy (non-hydrogen) atoms. The second-order valence-electron chi connectivity index (χ2n) is 5.46. The average molecular weight is 388 g/mol. The summed E-state index contributed by atoms with van der Waals surface area (Å²) in [5.74, 6) is 0. The minimum absolute atomic E-state index is 0.225. The molecular weight excluding hydrogens is 370 g/mol. The third-order valence-corrected chi connectivity index (χ3v) is 6.58. The third-order valence-electron chi connectivity index (χ3n) is 3.28. The molecule has 1 aromatic heterocycles. The van der Waals surface area contributed by atoms with Crippen LogP contribution in [0, 0.1) is 0 Å². The molecule has 1 heterocycles. The van der Waals surface area contributed by atoms with Crippen molar-refractivity contribution in [2.75, 3.05) is 6.54 Å². The molecule has 0 unspecified atom stereocenters. The first-order chi connectivity index (χ1) is 9.85. The van der Waals surface area contributed by atoms with E-state index in [-0.39, 0.29) is 5.41 Å². The molecule has 0 saturated carbocycles. The van der Waals surface area contributed by atoms with E-state index in [2.05, 4.69) is 20.7 Å². The molecule has 6 heteroatoms. The van der Waals surface area contributed by atoms with Crippen LogP contribution in [0.5, 0.6) is 0 Å². The molecular formula is C15H18BrNO2S2. The summed E-state index contributed by atoms with van der Waals surface area (Å²) in [5, 5.41) is 2.72. The zero-order valence-electron chi connectivity index (χ0n) is 12.0. The highest BCUT2D eigenvalue weighted by Crippen LogP contribution is 2.27. The van der Waals surface area contributed by atoms with Crippen LogP contribution >= 0.6 is 27.3 Å². The molecule has 0 aliphatic rings. The molecule has 1 aromatic carbocycles. The van der Waals surface area contributed by atoms with Crippen LogP contribution in [0.25, 0.3) is 0 Å². The molecule has 0 amide bonds. The van der Waals surface area contributed by atoms with Crippen molar-refractivity contribution in [1.82, 2.24) is 4.72 Å². The lowest BCUT2D eigenvalue weighted by molar-refractivity contribution is 0.509. The Morgan fingerprint density at radius 3 is 2.38 bits per heavy atom. The first-order valence-corrected chi connectivity index (χ1v) is 10.0. The fourth-order valence-electron chi connectivity index (χ4n) is 1.87. The molecule has 0 aliphatic carbocycles. The van der Waals surface area contributed by atoms with Crippen molar-refractivity contribution in [3.05, 3.63) is 52.2 Å². The summed E-state index contributed by atoms with van der Waals surface area (Å²) in [6.45, 7) is 4.45. The number of thiophene rings is 1. The topological polar surface area (TPSA) is 46.2 Å². The maximum Gasteiger partial charge on any atom is 0.240 e. The minimum Gasteiger partial charge on any atom is -0.210 e. The van der Waals surface area contributed by atoms with Gasteiger partial charge in [0.25, 0.3) is 0 Å². The predicted molar refractivity (Wildman–Crippen MR) is 91.6 cm³/mol. The molecule has 0 fully saturated rings.